The zero-order chi connectivity index (χ0) is 14.6. The Morgan fingerprint density at radius 2 is 1.84 bits per heavy atom. The summed E-state index contributed by atoms with van der Waals surface area (Å²) in [6.07, 6.45) is 0.344. The van der Waals surface area contributed by atoms with E-state index >= 15 is 0 Å². The maximum Gasteiger partial charge on any atom is 0.305 e. The van der Waals surface area contributed by atoms with Crippen LogP contribution >= 0.6 is 0 Å². The number of aryl methyl sites for hydroxylation is 2. The molecule has 2 heteroatoms. The van der Waals surface area contributed by atoms with Crippen LogP contribution in [0.15, 0.2) is 18.2 Å². The van der Waals surface area contributed by atoms with Gasteiger partial charge in [0, 0.05) is 12.3 Å². The first-order chi connectivity index (χ1) is 8.86. The van der Waals surface area contributed by atoms with E-state index in [2.05, 4.69) is 45.9 Å². The van der Waals surface area contributed by atoms with E-state index in [0.717, 1.165) is 0 Å². The Hall–Kier alpha value is -1.31. The van der Waals surface area contributed by atoms with Crippen molar-refractivity contribution >= 4 is 5.97 Å². The highest BCUT2D eigenvalue weighted by molar-refractivity contribution is 5.69. The minimum absolute atomic E-state index is 0.0890. The van der Waals surface area contributed by atoms with Gasteiger partial charge in [0.25, 0.3) is 0 Å². The largest absolute Gasteiger partial charge is 0.462 e. The van der Waals surface area contributed by atoms with E-state index in [1.54, 1.807) is 0 Å². The van der Waals surface area contributed by atoms with Crippen LogP contribution in [0.25, 0.3) is 0 Å². The number of hydrogen-bond donors (Lipinski definition) is 0. The van der Waals surface area contributed by atoms with Gasteiger partial charge in [-0.15, -0.1) is 0 Å². The molecule has 1 rings (SSSR count). The lowest BCUT2D eigenvalue weighted by Crippen LogP contribution is -2.26. The van der Waals surface area contributed by atoms with E-state index in [-0.39, 0.29) is 18.0 Å². The lowest BCUT2D eigenvalue weighted by atomic mass is 9.82. The third kappa shape index (κ3) is 4.09. The fourth-order valence-electron chi connectivity index (χ4n) is 2.72. The molecule has 0 aliphatic heterocycles. The minimum Gasteiger partial charge on any atom is -0.462 e. The van der Waals surface area contributed by atoms with Crippen molar-refractivity contribution in [2.24, 2.45) is 5.92 Å². The van der Waals surface area contributed by atoms with Crippen LogP contribution in [0.5, 0.6) is 0 Å². The average Bonchev–Trinajstić information content (AvgIpc) is 2.31. The van der Waals surface area contributed by atoms with Gasteiger partial charge in [-0.05, 0) is 37.8 Å². The first kappa shape index (κ1) is 15.7. The van der Waals surface area contributed by atoms with Crippen LogP contribution in [0.2, 0.25) is 0 Å². The number of carbonyl (C=O) groups excluding carboxylic acids is 1. The van der Waals surface area contributed by atoms with Crippen molar-refractivity contribution in [3.8, 4) is 0 Å². The first-order valence-corrected chi connectivity index (χ1v) is 7.13. The summed E-state index contributed by atoms with van der Waals surface area (Å²) >= 11 is 0. The lowest BCUT2D eigenvalue weighted by Gasteiger charge is -2.29. The summed E-state index contributed by atoms with van der Waals surface area (Å²) in [5, 5.41) is 0. The summed E-state index contributed by atoms with van der Waals surface area (Å²) in [5.74, 6) is 0.556. The van der Waals surface area contributed by atoms with E-state index in [0.29, 0.717) is 12.3 Å². The van der Waals surface area contributed by atoms with Crippen LogP contribution in [0.1, 0.15) is 56.7 Å². The summed E-state index contributed by atoms with van der Waals surface area (Å²) in [6, 6.07) is 6.50. The molecule has 19 heavy (non-hydrogen) atoms. The molecule has 1 aromatic carbocycles. The highest BCUT2D eigenvalue weighted by Gasteiger charge is 2.26. The second-order valence-electron chi connectivity index (χ2n) is 5.68. The number of carbonyl (C=O) groups is 1. The van der Waals surface area contributed by atoms with Crippen LogP contribution in [-0.2, 0) is 9.53 Å². The highest BCUT2D eigenvalue weighted by Crippen LogP contribution is 2.32. The molecule has 0 aromatic heterocycles. The van der Waals surface area contributed by atoms with Gasteiger partial charge in [0.05, 0.1) is 0 Å². The summed E-state index contributed by atoms with van der Waals surface area (Å²) < 4.78 is 5.52. The van der Waals surface area contributed by atoms with Crippen molar-refractivity contribution in [1.82, 2.24) is 0 Å². The number of benzene rings is 1. The summed E-state index contributed by atoms with van der Waals surface area (Å²) in [6.45, 7) is 12.4. The molecule has 0 saturated heterocycles. The second kappa shape index (κ2) is 6.74. The van der Waals surface area contributed by atoms with Crippen molar-refractivity contribution in [2.75, 3.05) is 0 Å². The van der Waals surface area contributed by atoms with Crippen molar-refractivity contribution in [3.63, 3.8) is 0 Å². The van der Waals surface area contributed by atoms with Crippen LogP contribution in [0.4, 0.5) is 0 Å². The van der Waals surface area contributed by atoms with E-state index in [1.165, 1.54) is 16.7 Å². The molecular weight excluding hydrogens is 236 g/mol. The topological polar surface area (TPSA) is 26.3 Å². The normalized spacial score (nSPS) is 14.3. The standard InChI is InChI=1S/C17H26O2/c1-7-16(18)19-14(6)17(11(2)3)15-9-8-12(4)10-13(15)5/h8-11,14,17H,7H2,1-6H3/t14-,17-/m0/s1. The molecule has 0 spiro atoms. The molecular formula is C17H26O2. The molecule has 0 saturated carbocycles. The molecule has 0 fully saturated rings. The predicted octanol–water partition coefficient (Wildman–Crippen LogP) is 4.38. The number of esters is 1. The first-order valence-electron chi connectivity index (χ1n) is 7.13. The molecule has 2 nitrogen and oxygen atoms in total. The van der Waals surface area contributed by atoms with Crippen molar-refractivity contribution in [3.05, 3.63) is 34.9 Å². The second-order valence-corrected chi connectivity index (χ2v) is 5.68. The van der Waals surface area contributed by atoms with Gasteiger partial charge in [0.15, 0.2) is 0 Å². The third-order valence-electron chi connectivity index (χ3n) is 3.61. The summed E-state index contributed by atoms with van der Waals surface area (Å²) in [5.41, 5.74) is 3.83. The van der Waals surface area contributed by atoms with E-state index < -0.39 is 0 Å². The van der Waals surface area contributed by atoms with E-state index in [4.69, 9.17) is 4.74 Å². The van der Waals surface area contributed by atoms with Crippen molar-refractivity contribution in [2.45, 2.75) is 60.0 Å². The zero-order valence-corrected chi connectivity index (χ0v) is 13.0. The summed E-state index contributed by atoms with van der Waals surface area (Å²) in [4.78, 5) is 11.5. The molecule has 106 valence electrons. The van der Waals surface area contributed by atoms with E-state index in [1.807, 2.05) is 13.8 Å². The zero-order valence-electron chi connectivity index (χ0n) is 13.0. The predicted molar refractivity (Wildman–Crippen MR) is 79.3 cm³/mol. The lowest BCUT2D eigenvalue weighted by molar-refractivity contribution is -0.149. The summed E-state index contributed by atoms with van der Waals surface area (Å²) in [7, 11) is 0. The quantitative estimate of drug-likeness (QED) is 0.736. The Morgan fingerprint density at radius 3 is 2.32 bits per heavy atom. The van der Waals surface area contributed by atoms with Gasteiger partial charge in [0.2, 0.25) is 0 Å². The Kier molecular flexibility index (Phi) is 5.59. The molecule has 0 bridgehead atoms. The minimum atomic E-state index is -0.122. The number of rotatable bonds is 5. The van der Waals surface area contributed by atoms with Crippen molar-refractivity contribution in [1.29, 1.82) is 0 Å². The Labute approximate surface area is 117 Å². The maximum atomic E-state index is 11.5. The van der Waals surface area contributed by atoms with Crippen LogP contribution in [0.3, 0.4) is 0 Å². The van der Waals surface area contributed by atoms with Crippen LogP contribution in [0, 0.1) is 19.8 Å². The smallest absolute Gasteiger partial charge is 0.305 e. The molecule has 0 N–H and O–H groups in total. The Balaban J connectivity index is 3.03. The third-order valence-corrected chi connectivity index (χ3v) is 3.61. The van der Waals surface area contributed by atoms with Crippen molar-refractivity contribution < 1.29 is 9.53 Å². The average molecular weight is 262 g/mol. The van der Waals surface area contributed by atoms with Gasteiger partial charge in [-0.3, -0.25) is 4.79 Å². The number of ether oxygens (including phenoxy) is 1. The molecule has 0 radical (unpaired) electrons. The van der Waals surface area contributed by atoms with Crippen LogP contribution < -0.4 is 0 Å². The molecule has 2 atom stereocenters. The molecule has 0 amide bonds. The molecule has 0 unspecified atom stereocenters. The molecule has 0 heterocycles. The fraction of sp³-hybridized carbons (Fsp3) is 0.588. The van der Waals surface area contributed by atoms with Gasteiger partial charge in [-0.2, -0.15) is 0 Å². The number of hydrogen-bond acceptors (Lipinski definition) is 2. The SMILES string of the molecule is CCC(=O)O[C@@H](C)[C@@H](c1ccc(C)cc1C)C(C)C. The molecule has 0 aliphatic rings. The maximum absolute atomic E-state index is 11.5. The highest BCUT2D eigenvalue weighted by atomic mass is 16.5. The van der Waals surface area contributed by atoms with Gasteiger partial charge >= 0.3 is 5.97 Å². The van der Waals surface area contributed by atoms with E-state index in [9.17, 15) is 4.79 Å². The molecule has 1 aromatic rings. The monoisotopic (exact) mass is 262 g/mol. The van der Waals surface area contributed by atoms with Gasteiger partial charge in [0.1, 0.15) is 6.10 Å². The van der Waals surface area contributed by atoms with Gasteiger partial charge < -0.3 is 4.74 Å². The Bertz CT molecular complexity index is 435. The molecule has 0 aliphatic carbocycles. The Morgan fingerprint density at radius 1 is 1.21 bits per heavy atom. The fourth-order valence-corrected chi connectivity index (χ4v) is 2.72. The van der Waals surface area contributed by atoms with Crippen LogP contribution in [-0.4, -0.2) is 12.1 Å². The van der Waals surface area contributed by atoms with Gasteiger partial charge in [-0.1, -0.05) is 44.5 Å². The van der Waals surface area contributed by atoms with Gasteiger partial charge in [-0.25, -0.2) is 0 Å².